The summed E-state index contributed by atoms with van der Waals surface area (Å²) in [6.45, 7) is 8.51. The van der Waals surface area contributed by atoms with E-state index in [-0.39, 0.29) is 10.3 Å². The number of aromatic nitrogens is 2. The number of nitrogens with zero attached hydrogens (tertiary/aromatic N) is 2. The van der Waals surface area contributed by atoms with Crippen molar-refractivity contribution in [3.05, 3.63) is 42.2 Å². The van der Waals surface area contributed by atoms with E-state index in [2.05, 4.69) is 5.10 Å². The van der Waals surface area contributed by atoms with Gasteiger partial charge < -0.3 is 4.74 Å². The van der Waals surface area contributed by atoms with Crippen LogP contribution >= 0.6 is 0 Å². The highest BCUT2D eigenvalue weighted by Crippen LogP contribution is 2.33. The lowest BCUT2D eigenvalue weighted by Gasteiger charge is -2.23. The third-order valence-electron chi connectivity index (χ3n) is 3.08. The second-order valence-corrected chi connectivity index (χ2v) is 7.52. The largest absolute Gasteiger partial charge is 0.494 e. The van der Waals surface area contributed by atoms with E-state index in [9.17, 15) is 8.42 Å². The van der Waals surface area contributed by atoms with Crippen molar-refractivity contribution in [2.75, 3.05) is 6.61 Å². The first-order valence-electron chi connectivity index (χ1n) is 6.79. The molecule has 0 aliphatic heterocycles. The van der Waals surface area contributed by atoms with Gasteiger partial charge in [-0.05, 0) is 36.6 Å². The molecule has 0 spiro atoms. The third-order valence-corrected chi connectivity index (χ3v) is 4.64. The highest BCUT2D eigenvalue weighted by atomic mass is 32.2. The lowest BCUT2D eigenvalue weighted by Crippen LogP contribution is -2.17. The van der Waals surface area contributed by atoms with E-state index in [1.165, 1.54) is 12.4 Å². The molecular weight excluding hydrogens is 288 g/mol. The minimum absolute atomic E-state index is 0.208. The molecule has 0 N–H and O–H groups in total. The van der Waals surface area contributed by atoms with Gasteiger partial charge in [0.2, 0.25) is 0 Å². The first-order chi connectivity index (χ1) is 9.76. The molecular formula is C15H20N2O3S. The van der Waals surface area contributed by atoms with Crippen LogP contribution in [0.25, 0.3) is 0 Å². The molecule has 0 saturated carbocycles. The molecule has 0 radical (unpaired) electrons. The fraction of sp³-hybridized carbons (Fsp3) is 0.400. The van der Waals surface area contributed by atoms with Gasteiger partial charge in [-0.2, -0.15) is 17.6 Å². The highest BCUT2D eigenvalue weighted by Gasteiger charge is 2.24. The first kappa shape index (κ1) is 15.6. The molecule has 0 aliphatic carbocycles. The molecule has 0 atom stereocenters. The van der Waals surface area contributed by atoms with Gasteiger partial charge in [0.25, 0.3) is 10.0 Å². The van der Waals surface area contributed by atoms with Crippen LogP contribution in [0.15, 0.2) is 41.6 Å². The van der Waals surface area contributed by atoms with Crippen molar-refractivity contribution >= 4 is 10.0 Å². The molecule has 1 aromatic carbocycles. The van der Waals surface area contributed by atoms with Gasteiger partial charge in [-0.25, -0.2) is 0 Å². The minimum Gasteiger partial charge on any atom is -0.494 e. The summed E-state index contributed by atoms with van der Waals surface area (Å²) >= 11 is 0. The molecule has 0 fully saturated rings. The Labute approximate surface area is 125 Å². The third kappa shape index (κ3) is 3.10. The summed E-state index contributed by atoms with van der Waals surface area (Å²) in [5, 5.41) is 3.81. The van der Waals surface area contributed by atoms with Crippen LogP contribution in [0.5, 0.6) is 5.75 Å². The Morgan fingerprint density at radius 1 is 1.29 bits per heavy atom. The number of ether oxygens (including phenoxy) is 1. The van der Waals surface area contributed by atoms with E-state index in [1.54, 1.807) is 24.3 Å². The highest BCUT2D eigenvalue weighted by molar-refractivity contribution is 7.89. The van der Waals surface area contributed by atoms with E-state index >= 15 is 0 Å². The molecule has 0 unspecified atom stereocenters. The van der Waals surface area contributed by atoms with Crippen LogP contribution in [-0.2, 0) is 15.4 Å². The molecule has 114 valence electrons. The van der Waals surface area contributed by atoms with Crippen molar-refractivity contribution < 1.29 is 13.2 Å². The van der Waals surface area contributed by atoms with E-state index in [0.717, 1.165) is 9.65 Å². The van der Waals surface area contributed by atoms with Gasteiger partial charge >= 0.3 is 0 Å². The molecule has 0 saturated heterocycles. The maximum absolute atomic E-state index is 12.5. The maximum Gasteiger partial charge on any atom is 0.282 e. The van der Waals surface area contributed by atoms with Gasteiger partial charge in [0, 0.05) is 11.8 Å². The van der Waals surface area contributed by atoms with Crippen molar-refractivity contribution in [2.45, 2.75) is 38.0 Å². The van der Waals surface area contributed by atoms with Crippen molar-refractivity contribution in [3.8, 4) is 5.75 Å². The minimum atomic E-state index is -3.66. The number of hydrogen-bond acceptors (Lipinski definition) is 4. The van der Waals surface area contributed by atoms with E-state index in [4.69, 9.17) is 4.74 Å². The van der Waals surface area contributed by atoms with Gasteiger partial charge in [-0.3, -0.25) is 0 Å². The van der Waals surface area contributed by atoms with Gasteiger partial charge in [0.05, 0.1) is 17.7 Å². The van der Waals surface area contributed by atoms with Crippen LogP contribution in [0.4, 0.5) is 0 Å². The average molecular weight is 308 g/mol. The van der Waals surface area contributed by atoms with Crippen molar-refractivity contribution in [2.24, 2.45) is 0 Å². The Morgan fingerprint density at radius 3 is 2.52 bits per heavy atom. The molecule has 1 heterocycles. The lowest BCUT2D eigenvalue weighted by atomic mass is 9.86. The second-order valence-electron chi connectivity index (χ2n) is 5.72. The van der Waals surface area contributed by atoms with Crippen LogP contribution in [0.2, 0.25) is 0 Å². The number of hydrogen-bond donors (Lipinski definition) is 0. The standard InChI is InChI=1S/C15H20N2O3S/c1-5-20-14-8-7-12(11-13(14)15(2,3)4)21(18,19)17-10-6-9-16-17/h6-11H,5H2,1-4H3. The summed E-state index contributed by atoms with van der Waals surface area (Å²) in [6.07, 6.45) is 2.86. The maximum atomic E-state index is 12.5. The van der Waals surface area contributed by atoms with Gasteiger partial charge in [0.15, 0.2) is 0 Å². The SMILES string of the molecule is CCOc1ccc(S(=O)(=O)n2cccn2)cc1C(C)(C)C. The summed E-state index contributed by atoms with van der Waals surface area (Å²) in [7, 11) is -3.66. The van der Waals surface area contributed by atoms with E-state index < -0.39 is 10.0 Å². The zero-order valence-corrected chi connectivity index (χ0v) is 13.5. The Morgan fingerprint density at radius 2 is 2.00 bits per heavy atom. The zero-order valence-electron chi connectivity index (χ0n) is 12.7. The van der Waals surface area contributed by atoms with Gasteiger partial charge in [0.1, 0.15) is 5.75 Å². The summed E-state index contributed by atoms with van der Waals surface area (Å²) in [5.41, 5.74) is 0.637. The first-order valence-corrected chi connectivity index (χ1v) is 8.23. The summed E-state index contributed by atoms with van der Waals surface area (Å²) in [4.78, 5) is 0.208. The Bertz CT molecular complexity index is 714. The number of rotatable bonds is 4. The monoisotopic (exact) mass is 308 g/mol. The molecule has 0 amide bonds. The molecule has 21 heavy (non-hydrogen) atoms. The lowest BCUT2D eigenvalue weighted by molar-refractivity contribution is 0.329. The second kappa shape index (κ2) is 5.52. The summed E-state index contributed by atoms with van der Waals surface area (Å²) in [5.74, 6) is 0.712. The fourth-order valence-electron chi connectivity index (χ4n) is 2.04. The van der Waals surface area contributed by atoms with Crippen molar-refractivity contribution in [3.63, 3.8) is 0 Å². The molecule has 5 nitrogen and oxygen atoms in total. The zero-order chi connectivity index (χ0) is 15.7. The molecule has 2 rings (SSSR count). The molecule has 6 heteroatoms. The summed E-state index contributed by atoms with van der Waals surface area (Å²) in [6, 6.07) is 6.51. The summed E-state index contributed by atoms with van der Waals surface area (Å²) < 4.78 is 31.6. The normalized spacial score (nSPS) is 12.4. The smallest absolute Gasteiger partial charge is 0.282 e. The molecule has 0 aliphatic rings. The molecule has 2 aromatic rings. The van der Waals surface area contributed by atoms with Crippen LogP contribution in [-0.4, -0.2) is 24.2 Å². The van der Waals surface area contributed by atoms with Gasteiger partial charge in [-0.1, -0.05) is 20.8 Å². The van der Waals surface area contributed by atoms with Crippen LogP contribution in [0.1, 0.15) is 33.3 Å². The van der Waals surface area contributed by atoms with Crippen LogP contribution in [0, 0.1) is 0 Å². The van der Waals surface area contributed by atoms with Crippen LogP contribution in [0.3, 0.4) is 0 Å². The Hall–Kier alpha value is -1.82. The van der Waals surface area contributed by atoms with Gasteiger partial charge in [-0.15, -0.1) is 0 Å². The quantitative estimate of drug-likeness (QED) is 0.871. The Balaban J connectivity index is 2.58. The van der Waals surface area contributed by atoms with E-state index in [0.29, 0.717) is 12.4 Å². The number of benzene rings is 1. The van der Waals surface area contributed by atoms with Crippen LogP contribution < -0.4 is 4.74 Å². The van der Waals surface area contributed by atoms with Crippen molar-refractivity contribution in [1.82, 2.24) is 9.19 Å². The average Bonchev–Trinajstić information content (AvgIpc) is 2.92. The predicted molar refractivity (Wildman–Crippen MR) is 81.1 cm³/mol. The topological polar surface area (TPSA) is 61.2 Å². The molecule has 1 aromatic heterocycles. The predicted octanol–water partition coefficient (Wildman–Crippen LogP) is 2.82. The fourth-order valence-corrected chi connectivity index (χ4v) is 3.17. The van der Waals surface area contributed by atoms with Crippen molar-refractivity contribution in [1.29, 1.82) is 0 Å². The van der Waals surface area contributed by atoms with E-state index in [1.807, 2.05) is 27.7 Å². The Kier molecular flexibility index (Phi) is 4.09. The molecule has 0 bridgehead atoms.